The minimum absolute atomic E-state index is 0.223. The monoisotopic (exact) mass is 271 g/mol. The number of carboxylic acids is 1. The number of ether oxygens (including phenoxy) is 1. The number of anilines is 1. The Kier molecular flexibility index (Phi) is 5.95. The molecule has 1 N–H and O–H groups in total. The summed E-state index contributed by atoms with van der Waals surface area (Å²) in [6.45, 7) is 6.38. The van der Waals surface area contributed by atoms with Crippen molar-refractivity contribution < 1.29 is 14.6 Å². The van der Waals surface area contributed by atoms with Crippen LogP contribution < -0.4 is 4.90 Å². The van der Waals surface area contributed by atoms with E-state index in [1.165, 1.54) is 0 Å². The molecule has 0 bridgehead atoms. The molecule has 0 saturated heterocycles. The zero-order valence-corrected chi connectivity index (χ0v) is 11.4. The van der Waals surface area contributed by atoms with Crippen LogP contribution in [-0.4, -0.2) is 37.4 Å². The Morgan fingerprint density at radius 2 is 2.17 bits per heavy atom. The molecule has 0 aliphatic carbocycles. The van der Waals surface area contributed by atoms with Crippen molar-refractivity contribution in [1.82, 2.24) is 0 Å². The van der Waals surface area contributed by atoms with E-state index in [2.05, 4.69) is 0 Å². The van der Waals surface area contributed by atoms with Crippen molar-refractivity contribution in [2.45, 2.75) is 13.8 Å². The van der Waals surface area contributed by atoms with Crippen molar-refractivity contribution in [3.8, 4) is 0 Å². The molecule has 100 valence electrons. The Morgan fingerprint density at radius 1 is 1.44 bits per heavy atom. The predicted octanol–water partition coefficient (Wildman–Crippen LogP) is 2.90. The standard InChI is InChI=1S/C13H18ClNO3/c1-3-15(8-9-18-4-2)12-10(13(16)17)6-5-7-11(12)14/h5-7H,3-4,8-9H2,1-2H3,(H,16,17). The van der Waals surface area contributed by atoms with E-state index in [0.717, 1.165) is 0 Å². The van der Waals surface area contributed by atoms with Gasteiger partial charge in [0.15, 0.2) is 0 Å². The van der Waals surface area contributed by atoms with E-state index in [-0.39, 0.29) is 5.56 Å². The van der Waals surface area contributed by atoms with Crippen molar-refractivity contribution in [1.29, 1.82) is 0 Å². The number of rotatable bonds is 7. The molecule has 1 rings (SSSR count). The molecule has 1 aromatic carbocycles. The third kappa shape index (κ3) is 3.62. The summed E-state index contributed by atoms with van der Waals surface area (Å²) in [7, 11) is 0. The van der Waals surface area contributed by atoms with Crippen LogP contribution in [0.2, 0.25) is 5.02 Å². The van der Waals surface area contributed by atoms with Gasteiger partial charge >= 0.3 is 5.97 Å². The van der Waals surface area contributed by atoms with Gasteiger partial charge in [-0.15, -0.1) is 0 Å². The predicted molar refractivity (Wildman–Crippen MR) is 72.8 cm³/mol. The lowest BCUT2D eigenvalue weighted by Crippen LogP contribution is -2.29. The molecule has 0 aliphatic heterocycles. The van der Waals surface area contributed by atoms with Crippen LogP contribution in [-0.2, 0) is 4.74 Å². The number of benzene rings is 1. The van der Waals surface area contributed by atoms with Gasteiger partial charge in [0.1, 0.15) is 0 Å². The van der Waals surface area contributed by atoms with Gasteiger partial charge < -0.3 is 14.7 Å². The number of para-hydroxylation sites is 1. The van der Waals surface area contributed by atoms with Gasteiger partial charge in [0, 0.05) is 19.7 Å². The second-order valence-corrected chi connectivity index (χ2v) is 4.12. The van der Waals surface area contributed by atoms with Crippen molar-refractivity contribution in [2.75, 3.05) is 31.2 Å². The lowest BCUT2D eigenvalue weighted by molar-refractivity contribution is 0.0697. The molecule has 1 aromatic rings. The van der Waals surface area contributed by atoms with Gasteiger partial charge in [-0.1, -0.05) is 17.7 Å². The molecule has 0 amide bonds. The SMILES string of the molecule is CCOCCN(CC)c1c(Cl)cccc1C(=O)O. The summed E-state index contributed by atoms with van der Waals surface area (Å²) in [5.41, 5.74) is 0.787. The lowest BCUT2D eigenvalue weighted by Gasteiger charge is -2.25. The average Bonchev–Trinajstić information content (AvgIpc) is 2.35. The van der Waals surface area contributed by atoms with Crippen LogP contribution in [0.4, 0.5) is 5.69 Å². The van der Waals surface area contributed by atoms with E-state index in [9.17, 15) is 9.90 Å². The number of hydrogen-bond acceptors (Lipinski definition) is 3. The summed E-state index contributed by atoms with van der Waals surface area (Å²) in [4.78, 5) is 13.1. The number of carboxylic acid groups (broad SMARTS) is 1. The average molecular weight is 272 g/mol. The molecular weight excluding hydrogens is 254 g/mol. The molecule has 5 heteroatoms. The van der Waals surface area contributed by atoms with Gasteiger partial charge in [0.2, 0.25) is 0 Å². The van der Waals surface area contributed by atoms with Gasteiger partial charge in [-0.2, -0.15) is 0 Å². The van der Waals surface area contributed by atoms with Crippen LogP contribution in [0.5, 0.6) is 0 Å². The van der Waals surface area contributed by atoms with Crippen LogP contribution in [0.15, 0.2) is 18.2 Å². The summed E-state index contributed by atoms with van der Waals surface area (Å²) in [5, 5.41) is 9.64. The first-order valence-electron chi connectivity index (χ1n) is 5.96. The Bertz CT molecular complexity index is 409. The zero-order chi connectivity index (χ0) is 13.5. The van der Waals surface area contributed by atoms with Crippen molar-refractivity contribution >= 4 is 23.3 Å². The van der Waals surface area contributed by atoms with Gasteiger partial charge in [-0.05, 0) is 26.0 Å². The van der Waals surface area contributed by atoms with E-state index in [4.69, 9.17) is 16.3 Å². The maximum atomic E-state index is 11.2. The largest absolute Gasteiger partial charge is 0.478 e. The number of nitrogens with zero attached hydrogens (tertiary/aromatic N) is 1. The third-order valence-electron chi connectivity index (χ3n) is 2.62. The van der Waals surface area contributed by atoms with E-state index in [1.54, 1.807) is 18.2 Å². The normalized spacial score (nSPS) is 10.4. The Labute approximate surface area is 112 Å². The quantitative estimate of drug-likeness (QED) is 0.775. The first-order chi connectivity index (χ1) is 8.61. The van der Waals surface area contributed by atoms with Gasteiger partial charge in [0.25, 0.3) is 0 Å². The molecule has 0 aliphatic rings. The fourth-order valence-corrected chi connectivity index (χ4v) is 2.05. The van der Waals surface area contributed by atoms with E-state index < -0.39 is 5.97 Å². The highest BCUT2D eigenvalue weighted by molar-refractivity contribution is 6.34. The number of likely N-dealkylation sites (N-methyl/N-ethyl adjacent to an activating group) is 1. The summed E-state index contributed by atoms with van der Waals surface area (Å²) >= 11 is 6.11. The van der Waals surface area contributed by atoms with Crippen LogP contribution in [0.1, 0.15) is 24.2 Å². The summed E-state index contributed by atoms with van der Waals surface area (Å²) in [6, 6.07) is 4.91. The number of aromatic carboxylic acids is 1. The minimum atomic E-state index is -0.970. The van der Waals surface area contributed by atoms with Crippen LogP contribution in [0, 0.1) is 0 Å². The Morgan fingerprint density at radius 3 is 2.72 bits per heavy atom. The van der Waals surface area contributed by atoms with Gasteiger partial charge in [0.05, 0.1) is 22.9 Å². The number of halogens is 1. The van der Waals surface area contributed by atoms with Gasteiger partial charge in [-0.25, -0.2) is 4.79 Å². The molecule has 0 aromatic heterocycles. The molecule has 0 radical (unpaired) electrons. The maximum Gasteiger partial charge on any atom is 0.337 e. The molecule has 0 spiro atoms. The number of hydrogen-bond donors (Lipinski definition) is 1. The highest BCUT2D eigenvalue weighted by atomic mass is 35.5. The molecule has 0 unspecified atom stereocenters. The van der Waals surface area contributed by atoms with Crippen molar-refractivity contribution in [2.24, 2.45) is 0 Å². The highest BCUT2D eigenvalue weighted by Crippen LogP contribution is 2.29. The summed E-state index contributed by atoms with van der Waals surface area (Å²) in [6.07, 6.45) is 0. The molecule has 4 nitrogen and oxygen atoms in total. The summed E-state index contributed by atoms with van der Waals surface area (Å²) < 4.78 is 5.30. The second kappa shape index (κ2) is 7.24. The maximum absolute atomic E-state index is 11.2. The first kappa shape index (κ1) is 14.8. The van der Waals surface area contributed by atoms with Crippen LogP contribution in [0.25, 0.3) is 0 Å². The summed E-state index contributed by atoms with van der Waals surface area (Å²) in [5.74, 6) is -0.970. The molecule has 0 saturated carbocycles. The highest BCUT2D eigenvalue weighted by Gasteiger charge is 2.17. The molecule has 18 heavy (non-hydrogen) atoms. The fourth-order valence-electron chi connectivity index (χ4n) is 1.76. The minimum Gasteiger partial charge on any atom is -0.478 e. The third-order valence-corrected chi connectivity index (χ3v) is 2.93. The molecule has 0 atom stereocenters. The second-order valence-electron chi connectivity index (χ2n) is 3.72. The van der Waals surface area contributed by atoms with E-state index in [0.29, 0.717) is 37.0 Å². The molecule has 0 fully saturated rings. The Hall–Kier alpha value is -1.26. The van der Waals surface area contributed by atoms with Crippen molar-refractivity contribution in [3.05, 3.63) is 28.8 Å². The zero-order valence-electron chi connectivity index (χ0n) is 10.6. The topological polar surface area (TPSA) is 49.8 Å². The Balaban J connectivity index is 3.00. The van der Waals surface area contributed by atoms with E-state index in [1.807, 2.05) is 18.7 Å². The smallest absolute Gasteiger partial charge is 0.337 e. The van der Waals surface area contributed by atoms with Crippen LogP contribution >= 0.6 is 11.6 Å². The lowest BCUT2D eigenvalue weighted by atomic mass is 10.1. The number of carbonyl (C=O) groups is 1. The molecular formula is C13H18ClNO3. The van der Waals surface area contributed by atoms with Crippen molar-refractivity contribution in [3.63, 3.8) is 0 Å². The first-order valence-corrected chi connectivity index (χ1v) is 6.34. The van der Waals surface area contributed by atoms with Gasteiger partial charge in [-0.3, -0.25) is 0 Å². The van der Waals surface area contributed by atoms with Crippen LogP contribution in [0.3, 0.4) is 0 Å². The molecule has 0 heterocycles. The van der Waals surface area contributed by atoms with E-state index >= 15 is 0 Å². The fraction of sp³-hybridized carbons (Fsp3) is 0.462.